The molecule has 0 radical (unpaired) electrons. The molecule has 0 spiro atoms. The number of benzene rings is 1. The molecule has 0 aliphatic carbocycles. The summed E-state index contributed by atoms with van der Waals surface area (Å²) in [6.07, 6.45) is 0.521. The minimum Gasteiger partial charge on any atom is -0.497 e. The van der Waals surface area contributed by atoms with Crippen LogP contribution in [-0.4, -0.2) is 25.4 Å². The van der Waals surface area contributed by atoms with Gasteiger partial charge in [0.2, 0.25) is 5.91 Å². The number of amides is 1. The molecule has 1 aromatic carbocycles. The summed E-state index contributed by atoms with van der Waals surface area (Å²) in [6, 6.07) is 5.60. The van der Waals surface area contributed by atoms with Crippen LogP contribution in [0.4, 0.5) is 5.69 Å². The van der Waals surface area contributed by atoms with Crippen LogP contribution < -0.4 is 9.64 Å². The standard InChI is InChI=1S/C12H13BrClNO2/c1-17-9-2-3-10(13)11(5-9)15-7-8(6-14)4-12(15)16/h2-3,5,8H,4,6-7H2,1H3. The first kappa shape index (κ1) is 12.7. The van der Waals surface area contributed by atoms with Crippen LogP contribution in [0, 0.1) is 5.92 Å². The molecule has 1 saturated heterocycles. The number of hydrogen-bond donors (Lipinski definition) is 0. The lowest BCUT2D eigenvalue weighted by Gasteiger charge is -2.18. The van der Waals surface area contributed by atoms with Crippen LogP contribution in [0.1, 0.15) is 6.42 Å². The summed E-state index contributed by atoms with van der Waals surface area (Å²) in [5, 5.41) is 0. The summed E-state index contributed by atoms with van der Waals surface area (Å²) in [5.41, 5.74) is 0.849. The molecule has 1 amide bonds. The lowest BCUT2D eigenvalue weighted by molar-refractivity contribution is -0.117. The summed E-state index contributed by atoms with van der Waals surface area (Å²) < 4.78 is 6.06. The summed E-state index contributed by atoms with van der Waals surface area (Å²) >= 11 is 9.27. The molecule has 1 aromatic rings. The zero-order chi connectivity index (χ0) is 12.4. The lowest BCUT2D eigenvalue weighted by atomic mass is 10.1. The summed E-state index contributed by atoms with van der Waals surface area (Å²) in [7, 11) is 1.61. The van der Waals surface area contributed by atoms with Crippen molar-refractivity contribution in [2.45, 2.75) is 6.42 Å². The Balaban J connectivity index is 2.30. The third-order valence-electron chi connectivity index (χ3n) is 2.87. The highest BCUT2D eigenvalue weighted by molar-refractivity contribution is 9.10. The van der Waals surface area contributed by atoms with Crippen LogP contribution >= 0.6 is 27.5 Å². The van der Waals surface area contributed by atoms with E-state index in [4.69, 9.17) is 16.3 Å². The maximum Gasteiger partial charge on any atom is 0.227 e. The van der Waals surface area contributed by atoms with Crippen LogP contribution in [0.5, 0.6) is 5.75 Å². The number of alkyl halides is 1. The van der Waals surface area contributed by atoms with Crippen molar-refractivity contribution in [2.24, 2.45) is 5.92 Å². The van der Waals surface area contributed by atoms with E-state index in [0.29, 0.717) is 18.8 Å². The average molecular weight is 319 g/mol. The Hall–Kier alpha value is -0.740. The quantitative estimate of drug-likeness (QED) is 0.802. The van der Waals surface area contributed by atoms with Gasteiger partial charge in [0.25, 0.3) is 0 Å². The van der Waals surface area contributed by atoms with Gasteiger partial charge < -0.3 is 9.64 Å². The highest BCUT2D eigenvalue weighted by Crippen LogP contribution is 2.34. The first-order chi connectivity index (χ1) is 8.15. The number of carbonyl (C=O) groups is 1. The predicted molar refractivity (Wildman–Crippen MR) is 71.9 cm³/mol. The number of halogens is 2. The topological polar surface area (TPSA) is 29.5 Å². The van der Waals surface area contributed by atoms with Crippen LogP contribution in [0.25, 0.3) is 0 Å². The van der Waals surface area contributed by atoms with Gasteiger partial charge in [0.05, 0.1) is 12.8 Å². The van der Waals surface area contributed by atoms with Gasteiger partial charge in [0, 0.05) is 29.4 Å². The Morgan fingerprint density at radius 1 is 1.59 bits per heavy atom. The minimum atomic E-state index is 0.115. The molecular weight excluding hydrogens is 305 g/mol. The van der Waals surface area contributed by atoms with Gasteiger partial charge in [-0.05, 0) is 34.0 Å². The minimum absolute atomic E-state index is 0.115. The Labute approximate surface area is 114 Å². The number of rotatable bonds is 3. The predicted octanol–water partition coefficient (Wildman–Crippen LogP) is 3.05. The fourth-order valence-corrected chi connectivity index (χ4v) is 2.61. The molecule has 92 valence electrons. The lowest BCUT2D eigenvalue weighted by Crippen LogP contribution is -2.25. The molecule has 5 heteroatoms. The van der Waals surface area contributed by atoms with E-state index in [0.717, 1.165) is 15.9 Å². The third kappa shape index (κ3) is 2.58. The van der Waals surface area contributed by atoms with Crippen LogP contribution in [0.15, 0.2) is 22.7 Å². The Bertz CT molecular complexity index is 439. The van der Waals surface area contributed by atoms with Gasteiger partial charge in [0.1, 0.15) is 5.75 Å². The van der Waals surface area contributed by atoms with Crippen LogP contribution in [0.2, 0.25) is 0 Å². The largest absolute Gasteiger partial charge is 0.497 e. The first-order valence-corrected chi connectivity index (χ1v) is 6.68. The molecule has 1 atom stereocenters. The molecule has 1 aliphatic heterocycles. The van der Waals surface area contributed by atoms with Crippen molar-refractivity contribution in [1.29, 1.82) is 0 Å². The number of methoxy groups -OCH3 is 1. The van der Waals surface area contributed by atoms with Crippen molar-refractivity contribution in [3.05, 3.63) is 22.7 Å². The van der Waals surface area contributed by atoms with Gasteiger partial charge in [-0.2, -0.15) is 0 Å². The van der Waals surface area contributed by atoms with Crippen LogP contribution in [-0.2, 0) is 4.79 Å². The molecule has 0 bridgehead atoms. The molecule has 3 nitrogen and oxygen atoms in total. The molecule has 1 aliphatic rings. The Kier molecular flexibility index (Phi) is 3.94. The zero-order valence-electron chi connectivity index (χ0n) is 9.45. The first-order valence-electron chi connectivity index (χ1n) is 5.35. The summed E-state index contributed by atoms with van der Waals surface area (Å²) in [4.78, 5) is 13.7. The summed E-state index contributed by atoms with van der Waals surface area (Å²) in [6.45, 7) is 0.675. The van der Waals surface area contributed by atoms with E-state index in [2.05, 4.69) is 15.9 Å². The monoisotopic (exact) mass is 317 g/mol. The zero-order valence-corrected chi connectivity index (χ0v) is 11.8. The van der Waals surface area contributed by atoms with Crippen molar-refractivity contribution in [1.82, 2.24) is 0 Å². The normalized spacial score (nSPS) is 19.8. The van der Waals surface area contributed by atoms with Gasteiger partial charge in [0.15, 0.2) is 0 Å². The van der Waals surface area contributed by atoms with E-state index >= 15 is 0 Å². The maximum atomic E-state index is 11.9. The van der Waals surface area contributed by atoms with Crippen LogP contribution in [0.3, 0.4) is 0 Å². The van der Waals surface area contributed by atoms with Gasteiger partial charge in [-0.15, -0.1) is 11.6 Å². The highest BCUT2D eigenvalue weighted by atomic mass is 79.9. The molecule has 1 heterocycles. The summed E-state index contributed by atoms with van der Waals surface area (Å²) in [5.74, 6) is 1.61. The number of ether oxygens (including phenoxy) is 1. The second-order valence-corrected chi connectivity index (χ2v) is 5.21. The van der Waals surface area contributed by atoms with Crippen molar-refractivity contribution >= 4 is 39.1 Å². The molecule has 0 N–H and O–H groups in total. The van der Waals surface area contributed by atoms with Crippen molar-refractivity contribution in [3.63, 3.8) is 0 Å². The number of hydrogen-bond acceptors (Lipinski definition) is 2. The van der Waals surface area contributed by atoms with E-state index in [1.807, 2.05) is 18.2 Å². The fourth-order valence-electron chi connectivity index (χ4n) is 1.94. The molecule has 0 aromatic heterocycles. The molecule has 1 unspecified atom stereocenters. The Morgan fingerprint density at radius 2 is 2.35 bits per heavy atom. The van der Waals surface area contributed by atoms with E-state index < -0.39 is 0 Å². The third-order valence-corrected chi connectivity index (χ3v) is 3.97. The molecule has 2 rings (SSSR count). The molecule has 0 saturated carbocycles. The van der Waals surface area contributed by atoms with Gasteiger partial charge in [-0.1, -0.05) is 0 Å². The Morgan fingerprint density at radius 3 is 2.94 bits per heavy atom. The van der Waals surface area contributed by atoms with E-state index in [1.54, 1.807) is 12.0 Å². The van der Waals surface area contributed by atoms with Gasteiger partial charge >= 0.3 is 0 Å². The second-order valence-electron chi connectivity index (χ2n) is 4.05. The smallest absolute Gasteiger partial charge is 0.227 e. The number of carbonyl (C=O) groups excluding carboxylic acids is 1. The average Bonchev–Trinajstić information content (AvgIpc) is 2.71. The number of anilines is 1. The van der Waals surface area contributed by atoms with Crippen molar-refractivity contribution in [3.8, 4) is 5.75 Å². The molecule has 1 fully saturated rings. The number of nitrogens with zero attached hydrogens (tertiary/aromatic N) is 1. The molecular formula is C12H13BrClNO2. The highest BCUT2D eigenvalue weighted by Gasteiger charge is 2.31. The fraction of sp³-hybridized carbons (Fsp3) is 0.417. The van der Waals surface area contributed by atoms with E-state index in [-0.39, 0.29) is 11.8 Å². The second kappa shape index (κ2) is 5.27. The van der Waals surface area contributed by atoms with E-state index in [1.165, 1.54) is 0 Å². The van der Waals surface area contributed by atoms with Crippen molar-refractivity contribution < 1.29 is 9.53 Å². The SMILES string of the molecule is COc1ccc(Br)c(N2CC(CCl)CC2=O)c1. The molecule has 17 heavy (non-hydrogen) atoms. The maximum absolute atomic E-state index is 11.9. The van der Waals surface area contributed by atoms with Gasteiger partial charge in [-0.3, -0.25) is 4.79 Å². The van der Waals surface area contributed by atoms with Crippen molar-refractivity contribution in [2.75, 3.05) is 24.4 Å². The van der Waals surface area contributed by atoms with E-state index in [9.17, 15) is 4.79 Å². The van der Waals surface area contributed by atoms with Gasteiger partial charge in [-0.25, -0.2) is 0 Å².